The molecule has 0 unspecified atom stereocenters. The Kier molecular flexibility index (Phi) is 10.4. The summed E-state index contributed by atoms with van der Waals surface area (Å²) in [4.78, 5) is 21.3. The Hall–Kier alpha value is -4.02. The minimum absolute atomic E-state index is 0.0612. The predicted molar refractivity (Wildman–Crippen MR) is 146 cm³/mol. The first kappa shape index (κ1) is 29.0. The number of pyridine rings is 1. The summed E-state index contributed by atoms with van der Waals surface area (Å²) in [5.74, 6) is -0.974. The van der Waals surface area contributed by atoms with Crippen LogP contribution in [0, 0.1) is 11.6 Å². The molecule has 2 aromatic carbocycles. The molecule has 0 spiro atoms. The second-order valence-corrected chi connectivity index (χ2v) is 9.61. The molecular weight excluding hydrogens is 516 g/mol. The molecule has 0 bridgehead atoms. The lowest BCUT2D eigenvalue weighted by atomic mass is 10.00. The third kappa shape index (κ3) is 8.75. The van der Waals surface area contributed by atoms with Crippen molar-refractivity contribution in [1.82, 2.24) is 25.8 Å². The van der Waals surface area contributed by atoms with Gasteiger partial charge in [-0.2, -0.15) is 4.98 Å². The van der Waals surface area contributed by atoms with Gasteiger partial charge < -0.3 is 20.3 Å². The first-order chi connectivity index (χ1) is 19.4. The number of nitrogens with zero attached hydrogens (tertiary/aromatic N) is 3. The number of carbonyl (C=O) groups is 1. The van der Waals surface area contributed by atoms with Gasteiger partial charge in [0, 0.05) is 38.2 Å². The average Bonchev–Trinajstić information content (AvgIpc) is 3.42. The number of halogens is 2. The normalized spacial score (nSPS) is 12.7. The van der Waals surface area contributed by atoms with Crippen LogP contribution in [-0.2, 0) is 30.6 Å². The minimum atomic E-state index is -0.999. The maximum atomic E-state index is 13.8. The average molecular weight is 550 g/mol. The van der Waals surface area contributed by atoms with Crippen molar-refractivity contribution in [3.05, 3.63) is 101 Å². The molecule has 4 aromatic rings. The highest BCUT2D eigenvalue weighted by Crippen LogP contribution is 2.15. The fraction of sp³-hybridized carbons (Fsp3) is 0.333. The molecule has 0 radical (unpaired) electrons. The first-order valence-electron chi connectivity index (χ1n) is 13.3. The smallest absolute Gasteiger partial charge is 0.227 e. The topological polar surface area (TPSA) is 113 Å². The van der Waals surface area contributed by atoms with Gasteiger partial charge in [0.15, 0.2) is 0 Å². The Morgan fingerprint density at radius 2 is 1.82 bits per heavy atom. The van der Waals surface area contributed by atoms with Crippen LogP contribution in [0.2, 0.25) is 0 Å². The first-order valence-corrected chi connectivity index (χ1v) is 13.3. The van der Waals surface area contributed by atoms with Crippen LogP contribution in [-0.4, -0.2) is 44.8 Å². The monoisotopic (exact) mass is 549 g/mol. The molecule has 10 heteroatoms. The molecule has 0 aliphatic rings. The molecule has 210 valence electrons. The van der Waals surface area contributed by atoms with Gasteiger partial charge in [-0.05, 0) is 60.2 Å². The van der Waals surface area contributed by atoms with E-state index in [-0.39, 0.29) is 25.3 Å². The number of hydrogen-bond donors (Lipinski definition) is 3. The molecule has 4 rings (SSSR count). The van der Waals surface area contributed by atoms with E-state index in [1.54, 1.807) is 18.3 Å². The standard InChI is InChI=1S/C30H33F2N5O3/c1-2-20-7-5-8-21(13-20)18-33-19-27(38)26(16-22-14-23(31)17-24(32)15-22)35-28(39)10-6-11-29-36-30(37-40-29)25-9-3-4-12-34-25/h3-5,7-9,12-15,17,26-27,33,38H,2,6,10-11,16,18-19H2,1H3,(H,35,39)/t26-,27+/m0/s1. The van der Waals surface area contributed by atoms with Gasteiger partial charge in [0.25, 0.3) is 0 Å². The molecule has 0 fully saturated rings. The molecule has 0 aliphatic heterocycles. The maximum absolute atomic E-state index is 13.8. The molecule has 2 heterocycles. The lowest BCUT2D eigenvalue weighted by molar-refractivity contribution is -0.122. The lowest BCUT2D eigenvalue weighted by Crippen LogP contribution is -2.48. The van der Waals surface area contributed by atoms with E-state index >= 15 is 0 Å². The highest BCUT2D eigenvalue weighted by Gasteiger charge is 2.22. The molecule has 8 nitrogen and oxygen atoms in total. The quantitative estimate of drug-likeness (QED) is 0.216. The van der Waals surface area contributed by atoms with E-state index in [9.17, 15) is 18.7 Å². The van der Waals surface area contributed by atoms with Gasteiger partial charge in [0.2, 0.25) is 17.6 Å². The number of rotatable bonds is 14. The van der Waals surface area contributed by atoms with Crippen LogP contribution in [0.3, 0.4) is 0 Å². The van der Waals surface area contributed by atoms with E-state index in [0.717, 1.165) is 18.1 Å². The van der Waals surface area contributed by atoms with Gasteiger partial charge in [0.1, 0.15) is 17.3 Å². The predicted octanol–water partition coefficient (Wildman–Crippen LogP) is 4.17. The van der Waals surface area contributed by atoms with E-state index in [1.807, 2.05) is 18.2 Å². The van der Waals surface area contributed by atoms with Crippen molar-refractivity contribution in [2.75, 3.05) is 6.54 Å². The molecule has 2 atom stereocenters. The second-order valence-electron chi connectivity index (χ2n) is 9.61. The zero-order valence-corrected chi connectivity index (χ0v) is 22.3. The summed E-state index contributed by atoms with van der Waals surface area (Å²) in [6.07, 6.45) is 2.57. The van der Waals surface area contributed by atoms with E-state index in [0.29, 0.717) is 42.4 Å². The fourth-order valence-electron chi connectivity index (χ4n) is 4.37. The summed E-state index contributed by atoms with van der Waals surface area (Å²) in [7, 11) is 0. The van der Waals surface area contributed by atoms with Crippen molar-refractivity contribution in [3.63, 3.8) is 0 Å². The Bertz CT molecular complexity index is 1360. The summed E-state index contributed by atoms with van der Waals surface area (Å²) in [5, 5.41) is 20.9. The summed E-state index contributed by atoms with van der Waals surface area (Å²) in [5.41, 5.74) is 3.22. The van der Waals surface area contributed by atoms with Crippen molar-refractivity contribution in [3.8, 4) is 11.5 Å². The Labute approximate surface area is 231 Å². The van der Waals surface area contributed by atoms with Gasteiger partial charge in [0.05, 0.1) is 12.1 Å². The number of amides is 1. The van der Waals surface area contributed by atoms with Crippen LogP contribution in [0.1, 0.15) is 42.3 Å². The number of aliphatic hydroxyl groups is 1. The number of aliphatic hydroxyl groups excluding tert-OH is 1. The van der Waals surface area contributed by atoms with Crippen LogP contribution in [0.4, 0.5) is 8.78 Å². The van der Waals surface area contributed by atoms with Crippen molar-refractivity contribution in [1.29, 1.82) is 0 Å². The zero-order chi connectivity index (χ0) is 28.3. The summed E-state index contributed by atoms with van der Waals surface area (Å²) in [6, 6.07) is 16.0. The molecule has 0 saturated carbocycles. The third-order valence-corrected chi connectivity index (χ3v) is 6.43. The van der Waals surface area contributed by atoms with Gasteiger partial charge >= 0.3 is 0 Å². The zero-order valence-electron chi connectivity index (χ0n) is 22.3. The van der Waals surface area contributed by atoms with Crippen LogP contribution >= 0.6 is 0 Å². The van der Waals surface area contributed by atoms with Crippen LogP contribution in [0.15, 0.2) is 71.4 Å². The molecule has 3 N–H and O–H groups in total. The molecule has 40 heavy (non-hydrogen) atoms. The van der Waals surface area contributed by atoms with Crippen molar-refractivity contribution in [2.24, 2.45) is 0 Å². The number of aryl methyl sites for hydroxylation is 2. The largest absolute Gasteiger partial charge is 0.390 e. The van der Waals surface area contributed by atoms with E-state index < -0.39 is 23.8 Å². The SMILES string of the molecule is CCc1cccc(CNC[C@@H](O)[C@H](Cc2cc(F)cc(F)c2)NC(=O)CCCc2nc(-c3ccccn3)no2)c1. The van der Waals surface area contributed by atoms with E-state index in [2.05, 4.69) is 44.8 Å². The highest BCUT2D eigenvalue weighted by molar-refractivity contribution is 5.76. The van der Waals surface area contributed by atoms with Gasteiger partial charge in [-0.3, -0.25) is 9.78 Å². The van der Waals surface area contributed by atoms with E-state index in [4.69, 9.17) is 4.52 Å². The van der Waals surface area contributed by atoms with Crippen LogP contribution in [0.5, 0.6) is 0 Å². The number of benzene rings is 2. The Balaban J connectivity index is 1.33. The van der Waals surface area contributed by atoms with Gasteiger partial charge in [-0.25, -0.2) is 8.78 Å². The summed E-state index contributed by atoms with van der Waals surface area (Å²) < 4.78 is 32.9. The highest BCUT2D eigenvalue weighted by atomic mass is 19.1. The van der Waals surface area contributed by atoms with Gasteiger partial charge in [-0.1, -0.05) is 42.4 Å². The molecule has 0 aliphatic carbocycles. The van der Waals surface area contributed by atoms with Crippen LogP contribution < -0.4 is 10.6 Å². The third-order valence-electron chi connectivity index (χ3n) is 6.43. The fourth-order valence-corrected chi connectivity index (χ4v) is 4.37. The number of aromatic nitrogens is 3. The second kappa shape index (κ2) is 14.4. The molecule has 0 saturated heterocycles. The lowest BCUT2D eigenvalue weighted by Gasteiger charge is -2.25. The molecular formula is C30H33F2N5O3. The Morgan fingerprint density at radius 1 is 1.02 bits per heavy atom. The molecule has 2 aromatic heterocycles. The summed E-state index contributed by atoms with van der Waals surface area (Å²) >= 11 is 0. The number of carbonyl (C=O) groups excluding carboxylic acids is 1. The Morgan fingerprint density at radius 3 is 2.58 bits per heavy atom. The number of hydrogen-bond acceptors (Lipinski definition) is 7. The van der Waals surface area contributed by atoms with Crippen molar-refractivity contribution >= 4 is 5.91 Å². The van der Waals surface area contributed by atoms with E-state index in [1.165, 1.54) is 17.7 Å². The maximum Gasteiger partial charge on any atom is 0.227 e. The van der Waals surface area contributed by atoms with Crippen molar-refractivity contribution < 1.29 is 23.2 Å². The van der Waals surface area contributed by atoms with Crippen LogP contribution in [0.25, 0.3) is 11.5 Å². The van der Waals surface area contributed by atoms with Crippen molar-refractivity contribution in [2.45, 2.75) is 57.7 Å². The summed E-state index contributed by atoms with van der Waals surface area (Å²) in [6.45, 7) is 2.79. The molecule has 1 amide bonds. The van der Waals surface area contributed by atoms with Gasteiger partial charge in [-0.15, -0.1) is 0 Å². The number of nitrogens with one attached hydrogen (secondary N) is 2. The minimum Gasteiger partial charge on any atom is -0.390 e.